The van der Waals surface area contributed by atoms with E-state index in [1.54, 1.807) is 112 Å². The Balaban J connectivity index is 1.52. The zero-order chi connectivity index (χ0) is 34.4. The van der Waals surface area contributed by atoms with Crippen LogP contribution in [0.25, 0.3) is 0 Å². The number of rotatable bonds is 7. The van der Waals surface area contributed by atoms with Crippen LogP contribution in [0.1, 0.15) is 72.1 Å². The van der Waals surface area contributed by atoms with Gasteiger partial charge in [-0.2, -0.15) is 0 Å². The van der Waals surface area contributed by atoms with Crippen LogP contribution in [0, 0.1) is 17.3 Å². The summed E-state index contributed by atoms with van der Waals surface area (Å²) in [6.07, 6.45) is -6.07. The van der Waals surface area contributed by atoms with Crippen LogP contribution in [0.2, 0.25) is 0 Å². The van der Waals surface area contributed by atoms with E-state index >= 15 is 0 Å². The Labute approximate surface area is 279 Å². The lowest BCUT2D eigenvalue weighted by molar-refractivity contribution is -0.311. The number of aliphatic hydroxyl groups is 1. The van der Waals surface area contributed by atoms with Crippen LogP contribution in [0.5, 0.6) is 0 Å². The molecule has 252 valence electrons. The number of hydrogen-bond acceptors (Lipinski definition) is 10. The maximum atomic E-state index is 13.9. The first kappa shape index (κ1) is 33.4. The summed E-state index contributed by atoms with van der Waals surface area (Å²) in [6.45, 7) is 8.35. The molecule has 10 heteroatoms. The van der Waals surface area contributed by atoms with Gasteiger partial charge in [0.1, 0.15) is 17.8 Å². The molecule has 2 saturated carbocycles. The van der Waals surface area contributed by atoms with Crippen molar-refractivity contribution >= 4 is 23.9 Å². The van der Waals surface area contributed by atoms with E-state index < -0.39 is 82.8 Å². The summed E-state index contributed by atoms with van der Waals surface area (Å²) in [5.41, 5.74) is -3.44. The third kappa shape index (κ3) is 5.37. The van der Waals surface area contributed by atoms with Crippen LogP contribution in [-0.4, -0.2) is 70.7 Å². The Morgan fingerprint density at radius 1 is 0.688 bits per heavy atom. The monoisotopic (exact) mass is 656 g/mol. The summed E-state index contributed by atoms with van der Waals surface area (Å²) in [6, 6.07) is 25.1. The topological polar surface area (TPSA) is 135 Å². The standard InChI is InChI=1S/C38H40O10/c1-22-21-27(45-33(41)24-15-9-6-10-16-24)31(44-23(2)39)37(5)32(47-35(43)26-19-13-8-14-20-26)29(46-34(42)25-17-11-7-12-18-25)28-30(40)38(22,37)48-36(28,3)4/h6-20,22,27-32,40H,21H2,1-5H3/t22-,27+,28-,29-,30-,31+,32+,37+,38-/m1/s1. The maximum absolute atomic E-state index is 13.9. The van der Waals surface area contributed by atoms with Crippen molar-refractivity contribution in [2.45, 2.75) is 82.8 Å². The van der Waals surface area contributed by atoms with E-state index in [4.69, 9.17) is 23.7 Å². The van der Waals surface area contributed by atoms with E-state index in [-0.39, 0.29) is 17.5 Å². The Hall–Kier alpha value is -4.54. The van der Waals surface area contributed by atoms with Gasteiger partial charge in [-0.05, 0) is 69.5 Å². The molecule has 1 N–H and O–H groups in total. The molecule has 2 bridgehead atoms. The average molecular weight is 657 g/mol. The summed E-state index contributed by atoms with van der Waals surface area (Å²) in [5, 5.41) is 12.4. The van der Waals surface area contributed by atoms with E-state index in [1.165, 1.54) is 6.92 Å². The fourth-order valence-corrected chi connectivity index (χ4v) is 8.42. The molecule has 0 amide bonds. The first-order valence-electron chi connectivity index (χ1n) is 16.1. The Morgan fingerprint density at radius 2 is 1.15 bits per heavy atom. The fourth-order valence-electron chi connectivity index (χ4n) is 8.42. The molecule has 48 heavy (non-hydrogen) atoms. The van der Waals surface area contributed by atoms with Crippen LogP contribution >= 0.6 is 0 Å². The van der Waals surface area contributed by atoms with E-state index in [0.29, 0.717) is 5.56 Å². The summed E-state index contributed by atoms with van der Waals surface area (Å²) < 4.78 is 31.7. The molecule has 3 fully saturated rings. The molecule has 0 radical (unpaired) electrons. The molecule has 3 aromatic carbocycles. The third-order valence-corrected chi connectivity index (χ3v) is 10.4. The Kier molecular flexibility index (Phi) is 8.68. The molecule has 0 aromatic heterocycles. The lowest BCUT2D eigenvalue weighted by Gasteiger charge is -2.63. The van der Waals surface area contributed by atoms with Gasteiger partial charge < -0.3 is 28.8 Å². The minimum Gasteiger partial charge on any atom is -0.458 e. The largest absolute Gasteiger partial charge is 0.458 e. The Bertz CT molecular complexity index is 1680. The van der Waals surface area contributed by atoms with E-state index in [1.807, 2.05) is 6.92 Å². The summed E-state index contributed by atoms with van der Waals surface area (Å²) >= 11 is 0. The molecular formula is C38H40O10. The number of fused-ring (bicyclic) bond motifs is 1. The number of benzene rings is 3. The molecule has 6 rings (SSSR count). The average Bonchev–Trinajstić information content (AvgIpc) is 3.26. The minimum absolute atomic E-state index is 0.153. The molecular weight excluding hydrogens is 616 g/mol. The number of ether oxygens (including phenoxy) is 5. The van der Waals surface area contributed by atoms with Crippen molar-refractivity contribution in [3.8, 4) is 0 Å². The first-order valence-corrected chi connectivity index (χ1v) is 16.1. The van der Waals surface area contributed by atoms with Gasteiger partial charge in [-0.15, -0.1) is 0 Å². The zero-order valence-electron chi connectivity index (χ0n) is 27.5. The highest BCUT2D eigenvalue weighted by atomic mass is 16.6. The second-order valence-electron chi connectivity index (χ2n) is 13.7. The van der Waals surface area contributed by atoms with Gasteiger partial charge >= 0.3 is 23.9 Å². The minimum atomic E-state index is -1.62. The van der Waals surface area contributed by atoms with E-state index in [2.05, 4.69) is 0 Å². The van der Waals surface area contributed by atoms with E-state index in [0.717, 1.165) is 0 Å². The van der Waals surface area contributed by atoms with Gasteiger partial charge in [0.05, 0.1) is 39.7 Å². The smallest absolute Gasteiger partial charge is 0.338 e. The first-order chi connectivity index (χ1) is 22.8. The summed E-state index contributed by atoms with van der Waals surface area (Å²) in [5.74, 6) is -4.14. The van der Waals surface area contributed by atoms with Gasteiger partial charge in [0, 0.05) is 6.92 Å². The van der Waals surface area contributed by atoms with Crippen LogP contribution in [-0.2, 0) is 28.5 Å². The van der Waals surface area contributed by atoms with Gasteiger partial charge in [-0.3, -0.25) is 4.79 Å². The van der Waals surface area contributed by atoms with Gasteiger partial charge in [-0.1, -0.05) is 61.5 Å². The molecule has 10 nitrogen and oxygen atoms in total. The molecule has 1 saturated heterocycles. The number of esters is 4. The zero-order valence-corrected chi connectivity index (χ0v) is 27.5. The number of aliphatic hydroxyl groups excluding tert-OH is 1. The second kappa shape index (κ2) is 12.5. The van der Waals surface area contributed by atoms with E-state index in [9.17, 15) is 24.3 Å². The van der Waals surface area contributed by atoms with Crippen molar-refractivity contribution in [1.29, 1.82) is 0 Å². The quantitative estimate of drug-likeness (QED) is 0.268. The molecule has 9 atom stereocenters. The SMILES string of the molecule is CC(=O)O[C@H]1[C@@H](OC(=O)c2ccccc2)C[C@@H](C)[C@]23OC(C)(C)[C@H]([C@@H](OC(=O)c4ccccc4)[C@H](OC(=O)c4ccccc4)[C@]12C)[C@H]3O. The van der Waals surface area contributed by atoms with Gasteiger partial charge in [0.2, 0.25) is 0 Å². The number of hydrogen-bond donors (Lipinski definition) is 1. The lowest BCUT2D eigenvalue weighted by atomic mass is 9.47. The summed E-state index contributed by atoms with van der Waals surface area (Å²) in [7, 11) is 0. The van der Waals surface area contributed by atoms with Crippen molar-refractivity contribution in [1.82, 2.24) is 0 Å². The van der Waals surface area contributed by atoms with Crippen molar-refractivity contribution < 1.29 is 48.0 Å². The van der Waals surface area contributed by atoms with Crippen molar-refractivity contribution in [3.05, 3.63) is 108 Å². The highest BCUT2D eigenvalue weighted by Gasteiger charge is 2.82. The van der Waals surface area contributed by atoms with Crippen LogP contribution in [0.3, 0.4) is 0 Å². The molecule has 3 aliphatic rings. The summed E-state index contributed by atoms with van der Waals surface area (Å²) in [4.78, 5) is 53.9. The fraction of sp³-hybridized carbons (Fsp3) is 0.421. The number of carbonyl (C=O) groups excluding carboxylic acids is 4. The van der Waals surface area contributed by atoms with Gasteiger partial charge in [0.25, 0.3) is 0 Å². The highest BCUT2D eigenvalue weighted by molar-refractivity contribution is 5.91. The lowest BCUT2D eigenvalue weighted by Crippen LogP contribution is -2.78. The highest BCUT2D eigenvalue weighted by Crippen LogP contribution is 2.67. The van der Waals surface area contributed by atoms with Crippen molar-refractivity contribution in [3.63, 3.8) is 0 Å². The van der Waals surface area contributed by atoms with Crippen molar-refractivity contribution in [2.24, 2.45) is 17.3 Å². The molecule has 1 spiro atoms. The molecule has 1 heterocycles. The van der Waals surface area contributed by atoms with Crippen LogP contribution < -0.4 is 0 Å². The molecule has 1 aliphatic heterocycles. The Morgan fingerprint density at radius 3 is 1.62 bits per heavy atom. The second-order valence-corrected chi connectivity index (χ2v) is 13.7. The normalized spacial score (nSPS) is 33.1. The van der Waals surface area contributed by atoms with Crippen molar-refractivity contribution in [2.75, 3.05) is 0 Å². The molecule has 0 unspecified atom stereocenters. The number of carbonyl (C=O) groups is 4. The van der Waals surface area contributed by atoms with Gasteiger partial charge in [-0.25, -0.2) is 14.4 Å². The van der Waals surface area contributed by atoms with Gasteiger partial charge in [0.15, 0.2) is 12.2 Å². The third-order valence-electron chi connectivity index (χ3n) is 10.4. The maximum Gasteiger partial charge on any atom is 0.338 e. The predicted octanol–water partition coefficient (Wildman–Crippen LogP) is 5.18. The van der Waals surface area contributed by atoms with Crippen LogP contribution in [0.15, 0.2) is 91.0 Å². The molecule has 2 aliphatic carbocycles. The van der Waals surface area contributed by atoms with Crippen LogP contribution in [0.4, 0.5) is 0 Å². The predicted molar refractivity (Wildman–Crippen MR) is 172 cm³/mol. The molecule has 3 aromatic rings.